The van der Waals surface area contributed by atoms with Gasteiger partial charge in [-0.05, 0) is 11.8 Å². The van der Waals surface area contributed by atoms with Crippen LogP contribution < -0.4 is 5.43 Å². The Labute approximate surface area is 110 Å². The first-order valence-corrected chi connectivity index (χ1v) is 6.79. The quantitative estimate of drug-likeness (QED) is 0.592. The standard InChI is InChI=1S/C14H25N3O/c1-14(2)10-12(15-16(3)4)9-13(11-14)17-5-7-18-8-6-17/h9H,5-8,10-11H2,1-4H3/p+1. The summed E-state index contributed by atoms with van der Waals surface area (Å²) in [6, 6.07) is 0. The molecule has 0 radical (unpaired) electrons. The lowest BCUT2D eigenvalue weighted by Crippen LogP contribution is -2.39. The van der Waals surface area contributed by atoms with Gasteiger partial charge in [0.25, 0.3) is 0 Å². The third-order valence-corrected chi connectivity index (χ3v) is 3.45. The molecular weight excluding hydrogens is 226 g/mol. The van der Waals surface area contributed by atoms with Gasteiger partial charge in [-0.15, -0.1) is 0 Å². The highest BCUT2D eigenvalue weighted by Crippen LogP contribution is 2.33. The summed E-state index contributed by atoms with van der Waals surface area (Å²) in [6.07, 6.45) is 4.60. The van der Waals surface area contributed by atoms with Gasteiger partial charge in [0, 0.05) is 32.3 Å². The number of morpholine rings is 1. The van der Waals surface area contributed by atoms with Crippen LogP contribution in [0.4, 0.5) is 0 Å². The van der Waals surface area contributed by atoms with Crippen LogP contribution in [0, 0.1) is 5.41 Å². The molecule has 0 atom stereocenters. The van der Waals surface area contributed by atoms with Crippen LogP contribution >= 0.6 is 0 Å². The number of nitrogens with one attached hydrogen (secondary N) is 1. The fourth-order valence-corrected chi connectivity index (χ4v) is 2.78. The van der Waals surface area contributed by atoms with Crippen molar-refractivity contribution in [2.45, 2.75) is 26.7 Å². The molecule has 0 unspecified atom stereocenters. The van der Waals surface area contributed by atoms with E-state index < -0.39 is 0 Å². The summed E-state index contributed by atoms with van der Waals surface area (Å²) in [4.78, 5) is 0. The molecule has 0 aromatic rings. The van der Waals surface area contributed by atoms with E-state index in [9.17, 15) is 0 Å². The van der Waals surface area contributed by atoms with E-state index in [-0.39, 0.29) is 0 Å². The first-order chi connectivity index (χ1) is 8.46. The third-order valence-electron chi connectivity index (χ3n) is 3.45. The summed E-state index contributed by atoms with van der Waals surface area (Å²) in [5.74, 6) is 0. The molecule has 0 saturated carbocycles. The van der Waals surface area contributed by atoms with Crippen LogP contribution in [0.5, 0.6) is 0 Å². The second kappa shape index (κ2) is 5.41. The van der Waals surface area contributed by atoms with Crippen LogP contribution in [0.15, 0.2) is 11.8 Å². The predicted octanol–water partition coefficient (Wildman–Crippen LogP) is 1.24. The summed E-state index contributed by atoms with van der Waals surface area (Å²) in [7, 11) is 4.08. The van der Waals surface area contributed by atoms with Crippen LogP contribution in [0.25, 0.3) is 0 Å². The number of rotatable bonds is 2. The van der Waals surface area contributed by atoms with E-state index in [0.717, 1.165) is 39.1 Å². The van der Waals surface area contributed by atoms with Gasteiger partial charge in [0.2, 0.25) is 0 Å². The van der Waals surface area contributed by atoms with Crippen molar-refractivity contribution < 1.29 is 9.31 Å². The maximum atomic E-state index is 5.43. The van der Waals surface area contributed by atoms with E-state index in [1.54, 1.807) is 0 Å². The van der Waals surface area contributed by atoms with Crippen molar-refractivity contribution in [2.75, 3.05) is 40.4 Å². The fourth-order valence-electron chi connectivity index (χ4n) is 2.78. The number of hydrogen-bond donors (Lipinski definition) is 1. The Morgan fingerprint density at radius 1 is 1.22 bits per heavy atom. The van der Waals surface area contributed by atoms with Gasteiger partial charge in [-0.3, -0.25) is 0 Å². The fraction of sp³-hybridized carbons (Fsp3) is 0.786. The smallest absolute Gasteiger partial charge is 0.178 e. The maximum Gasteiger partial charge on any atom is 0.178 e. The lowest BCUT2D eigenvalue weighted by Gasteiger charge is -2.31. The summed E-state index contributed by atoms with van der Waals surface area (Å²) in [5.41, 5.74) is 6.53. The van der Waals surface area contributed by atoms with Crippen LogP contribution in [-0.2, 0) is 4.74 Å². The molecule has 0 bridgehead atoms. The third kappa shape index (κ3) is 3.56. The Bertz CT molecular complexity index is 361. The van der Waals surface area contributed by atoms with Crippen molar-refractivity contribution in [2.24, 2.45) is 5.41 Å². The largest absolute Gasteiger partial charge is 0.368 e. The summed E-state index contributed by atoms with van der Waals surface area (Å²) in [5, 5.41) is 2.02. The number of nitrogens with zero attached hydrogens (tertiary/aromatic N) is 2. The molecular formula is C14H26N3O+. The predicted molar refractivity (Wildman–Crippen MR) is 73.7 cm³/mol. The molecule has 102 valence electrons. The van der Waals surface area contributed by atoms with Gasteiger partial charge >= 0.3 is 0 Å². The Hall–Kier alpha value is -0.870. The molecule has 2 rings (SSSR count). The van der Waals surface area contributed by atoms with Crippen molar-refractivity contribution in [3.05, 3.63) is 11.8 Å². The molecule has 0 spiro atoms. The Balaban J connectivity index is 2.22. The highest BCUT2D eigenvalue weighted by atomic mass is 16.5. The van der Waals surface area contributed by atoms with E-state index in [4.69, 9.17) is 4.74 Å². The molecule has 1 heterocycles. The zero-order valence-electron chi connectivity index (χ0n) is 12.1. The van der Waals surface area contributed by atoms with Crippen molar-refractivity contribution in [1.82, 2.24) is 10.4 Å². The van der Waals surface area contributed by atoms with Gasteiger partial charge in [-0.2, -0.15) is 0 Å². The lowest BCUT2D eigenvalue weighted by atomic mass is 9.78. The molecule has 1 aliphatic carbocycles. The van der Waals surface area contributed by atoms with Crippen molar-refractivity contribution in [1.29, 1.82) is 0 Å². The van der Waals surface area contributed by atoms with Crippen LogP contribution in [-0.4, -0.2) is 55.7 Å². The van der Waals surface area contributed by atoms with Gasteiger partial charge in [-0.1, -0.05) is 13.8 Å². The SMILES string of the molecule is CN(C)NC1=CC(=[N+]2CCOCC2)CC(C)(C)C1. The zero-order chi connectivity index (χ0) is 13.2. The highest BCUT2D eigenvalue weighted by molar-refractivity contribution is 5.92. The number of allylic oxidation sites excluding steroid dienone is 2. The molecule has 4 heteroatoms. The van der Waals surface area contributed by atoms with E-state index >= 15 is 0 Å². The van der Waals surface area contributed by atoms with E-state index in [2.05, 4.69) is 29.9 Å². The van der Waals surface area contributed by atoms with Gasteiger partial charge < -0.3 is 10.2 Å². The first kappa shape index (κ1) is 13.6. The van der Waals surface area contributed by atoms with Crippen molar-refractivity contribution in [3.8, 4) is 0 Å². The minimum absolute atomic E-state index is 0.334. The zero-order valence-corrected chi connectivity index (χ0v) is 12.1. The van der Waals surface area contributed by atoms with Crippen LogP contribution in [0.3, 0.4) is 0 Å². The lowest BCUT2D eigenvalue weighted by molar-refractivity contribution is -0.550. The number of ether oxygens (including phenoxy) is 1. The highest BCUT2D eigenvalue weighted by Gasteiger charge is 2.31. The summed E-state index contributed by atoms with van der Waals surface area (Å²) >= 11 is 0. The molecule has 1 aliphatic heterocycles. The van der Waals surface area contributed by atoms with Crippen molar-refractivity contribution in [3.63, 3.8) is 0 Å². The molecule has 0 aromatic carbocycles. The second-order valence-electron chi connectivity index (χ2n) is 6.28. The van der Waals surface area contributed by atoms with E-state index in [1.165, 1.54) is 11.4 Å². The second-order valence-corrected chi connectivity index (χ2v) is 6.28. The molecule has 0 amide bonds. The molecule has 4 nitrogen and oxygen atoms in total. The average Bonchev–Trinajstić information content (AvgIpc) is 2.27. The van der Waals surface area contributed by atoms with Gasteiger partial charge in [-0.25, -0.2) is 9.58 Å². The van der Waals surface area contributed by atoms with Crippen LogP contribution in [0.2, 0.25) is 0 Å². The molecule has 0 aromatic heterocycles. The monoisotopic (exact) mass is 252 g/mol. The van der Waals surface area contributed by atoms with E-state index in [1.807, 2.05) is 19.1 Å². The van der Waals surface area contributed by atoms with Gasteiger partial charge in [0.1, 0.15) is 13.2 Å². The maximum absolute atomic E-state index is 5.43. The number of hydrazine groups is 1. The Morgan fingerprint density at radius 3 is 2.50 bits per heavy atom. The molecule has 2 aliphatic rings. The topological polar surface area (TPSA) is 27.5 Å². The normalized spacial score (nSPS) is 24.2. The number of hydrogen-bond acceptors (Lipinski definition) is 3. The Morgan fingerprint density at radius 2 is 1.89 bits per heavy atom. The molecule has 18 heavy (non-hydrogen) atoms. The van der Waals surface area contributed by atoms with Crippen molar-refractivity contribution >= 4 is 5.71 Å². The minimum atomic E-state index is 0.334. The van der Waals surface area contributed by atoms with E-state index in [0.29, 0.717) is 5.41 Å². The Kier molecular flexibility index (Phi) is 4.07. The van der Waals surface area contributed by atoms with Crippen LogP contribution in [0.1, 0.15) is 26.7 Å². The summed E-state index contributed by atoms with van der Waals surface area (Å²) in [6.45, 7) is 8.45. The summed E-state index contributed by atoms with van der Waals surface area (Å²) < 4.78 is 7.91. The van der Waals surface area contributed by atoms with Gasteiger partial charge in [0.15, 0.2) is 18.8 Å². The average molecular weight is 252 g/mol. The molecule has 1 fully saturated rings. The minimum Gasteiger partial charge on any atom is -0.368 e. The van der Waals surface area contributed by atoms with Gasteiger partial charge in [0.05, 0.1) is 0 Å². The first-order valence-electron chi connectivity index (χ1n) is 6.79. The molecule has 1 N–H and O–H groups in total. The molecule has 1 saturated heterocycles.